The predicted molar refractivity (Wildman–Crippen MR) is 64.5 cm³/mol. The Hall–Kier alpha value is -0.810. The van der Waals surface area contributed by atoms with Crippen molar-refractivity contribution in [1.29, 1.82) is 0 Å². The first-order chi connectivity index (χ1) is 7.15. The number of amides is 2. The van der Waals surface area contributed by atoms with Gasteiger partial charge in [-0.1, -0.05) is 0 Å². The molecule has 0 aromatic heterocycles. The van der Waals surface area contributed by atoms with Crippen LogP contribution in [0.5, 0.6) is 0 Å². The van der Waals surface area contributed by atoms with E-state index in [-0.39, 0.29) is 30.1 Å². The zero-order chi connectivity index (χ0) is 11.3. The van der Waals surface area contributed by atoms with Crippen LogP contribution in [0.25, 0.3) is 0 Å². The number of rotatable bonds is 3. The fourth-order valence-electron chi connectivity index (χ4n) is 1.69. The average molecular weight is 250 g/mol. The largest absolute Gasteiger partial charge is 0.357 e. The molecule has 0 spiro atoms. The normalized spacial score (nSPS) is 21.5. The van der Waals surface area contributed by atoms with Crippen LogP contribution in [-0.4, -0.2) is 38.0 Å². The molecule has 1 aliphatic heterocycles. The van der Waals surface area contributed by atoms with E-state index in [1.54, 1.807) is 14.0 Å². The second-order valence-electron chi connectivity index (χ2n) is 3.89. The maximum absolute atomic E-state index is 11.7. The van der Waals surface area contributed by atoms with Gasteiger partial charge in [0.05, 0.1) is 5.92 Å². The first kappa shape index (κ1) is 15.2. The van der Waals surface area contributed by atoms with Gasteiger partial charge in [-0.3, -0.25) is 9.59 Å². The van der Waals surface area contributed by atoms with Crippen LogP contribution in [0.4, 0.5) is 0 Å². The first-order valence-corrected chi connectivity index (χ1v) is 5.38. The van der Waals surface area contributed by atoms with E-state index in [0.29, 0.717) is 6.54 Å². The van der Waals surface area contributed by atoms with Crippen molar-refractivity contribution in [2.24, 2.45) is 5.92 Å². The minimum Gasteiger partial charge on any atom is -0.357 e. The number of likely N-dealkylation sites (N-methyl/N-ethyl adjacent to an activating group) is 1. The van der Waals surface area contributed by atoms with E-state index in [4.69, 9.17) is 0 Å². The summed E-state index contributed by atoms with van der Waals surface area (Å²) in [5.41, 5.74) is 0. The Morgan fingerprint density at radius 1 is 1.44 bits per heavy atom. The lowest BCUT2D eigenvalue weighted by Crippen LogP contribution is -2.48. The van der Waals surface area contributed by atoms with E-state index in [0.717, 1.165) is 19.4 Å². The Labute approximate surface area is 102 Å². The van der Waals surface area contributed by atoms with Gasteiger partial charge in [-0.25, -0.2) is 0 Å². The molecular weight excluding hydrogens is 230 g/mol. The molecule has 3 N–H and O–H groups in total. The molecule has 94 valence electrons. The van der Waals surface area contributed by atoms with E-state index in [1.165, 1.54) is 0 Å². The first-order valence-electron chi connectivity index (χ1n) is 5.38. The van der Waals surface area contributed by atoms with E-state index in [2.05, 4.69) is 16.0 Å². The third-order valence-corrected chi connectivity index (χ3v) is 2.67. The molecule has 6 heteroatoms. The van der Waals surface area contributed by atoms with Crippen LogP contribution in [0.3, 0.4) is 0 Å². The summed E-state index contributed by atoms with van der Waals surface area (Å²) in [6.07, 6.45) is 1.92. The van der Waals surface area contributed by atoms with E-state index in [9.17, 15) is 9.59 Å². The van der Waals surface area contributed by atoms with Gasteiger partial charge in [-0.2, -0.15) is 0 Å². The molecule has 5 nitrogen and oxygen atoms in total. The predicted octanol–water partition coefficient (Wildman–Crippen LogP) is -0.341. The van der Waals surface area contributed by atoms with Crippen molar-refractivity contribution in [1.82, 2.24) is 16.0 Å². The highest BCUT2D eigenvalue weighted by atomic mass is 35.5. The Balaban J connectivity index is 0.00000225. The summed E-state index contributed by atoms with van der Waals surface area (Å²) in [6.45, 7) is 3.38. The summed E-state index contributed by atoms with van der Waals surface area (Å²) in [6, 6.07) is -0.454. The van der Waals surface area contributed by atoms with Crippen LogP contribution in [0.2, 0.25) is 0 Å². The molecule has 0 saturated carbocycles. The fourth-order valence-corrected chi connectivity index (χ4v) is 1.69. The second kappa shape index (κ2) is 7.46. The molecule has 2 amide bonds. The zero-order valence-corrected chi connectivity index (χ0v) is 10.5. The van der Waals surface area contributed by atoms with Crippen LogP contribution in [0.1, 0.15) is 19.8 Å². The smallest absolute Gasteiger partial charge is 0.242 e. The number of nitrogens with one attached hydrogen (secondary N) is 3. The molecule has 0 radical (unpaired) electrons. The molecule has 2 atom stereocenters. The monoisotopic (exact) mass is 249 g/mol. The van der Waals surface area contributed by atoms with Gasteiger partial charge in [0.15, 0.2) is 0 Å². The molecule has 0 unspecified atom stereocenters. The van der Waals surface area contributed by atoms with Gasteiger partial charge in [0.1, 0.15) is 6.04 Å². The Morgan fingerprint density at radius 2 is 2.12 bits per heavy atom. The van der Waals surface area contributed by atoms with E-state index >= 15 is 0 Å². The summed E-state index contributed by atoms with van der Waals surface area (Å²) >= 11 is 0. The Morgan fingerprint density at radius 3 is 2.62 bits per heavy atom. The number of carbonyl (C=O) groups excluding carboxylic acids is 2. The van der Waals surface area contributed by atoms with Crippen LogP contribution in [-0.2, 0) is 9.59 Å². The molecule has 1 heterocycles. The van der Waals surface area contributed by atoms with Crippen molar-refractivity contribution >= 4 is 24.2 Å². The Kier molecular flexibility index (Phi) is 7.08. The van der Waals surface area contributed by atoms with Crippen molar-refractivity contribution in [3.63, 3.8) is 0 Å². The third-order valence-electron chi connectivity index (χ3n) is 2.67. The summed E-state index contributed by atoms with van der Waals surface area (Å²) in [7, 11) is 1.56. The summed E-state index contributed by atoms with van der Waals surface area (Å²) in [5, 5.41) is 8.38. The van der Waals surface area contributed by atoms with Crippen molar-refractivity contribution < 1.29 is 9.59 Å². The number of halogens is 1. The zero-order valence-electron chi connectivity index (χ0n) is 9.71. The number of carbonyl (C=O) groups is 2. The molecule has 1 rings (SSSR count). The number of hydrogen-bond acceptors (Lipinski definition) is 3. The lowest BCUT2D eigenvalue weighted by Gasteiger charge is -2.23. The topological polar surface area (TPSA) is 70.2 Å². The Bertz CT molecular complexity index is 242. The standard InChI is InChI=1S/C10H19N3O2.ClH/c1-7(9(14)11-2)13-10(15)8-4-3-5-12-6-8;/h7-8,12H,3-6H2,1-2H3,(H,11,14)(H,13,15);1H/t7-,8-;/m1./s1. The van der Waals surface area contributed by atoms with Crippen LogP contribution in [0.15, 0.2) is 0 Å². The second-order valence-corrected chi connectivity index (χ2v) is 3.89. The van der Waals surface area contributed by atoms with Crippen LogP contribution < -0.4 is 16.0 Å². The number of piperidine rings is 1. The third kappa shape index (κ3) is 4.37. The summed E-state index contributed by atoms with van der Waals surface area (Å²) < 4.78 is 0. The molecule has 0 bridgehead atoms. The molecule has 0 aromatic rings. The quantitative estimate of drug-likeness (QED) is 0.641. The molecule has 16 heavy (non-hydrogen) atoms. The lowest BCUT2D eigenvalue weighted by molar-refractivity contribution is -0.130. The minimum absolute atomic E-state index is 0. The summed E-state index contributed by atoms with van der Waals surface area (Å²) in [4.78, 5) is 22.9. The van der Waals surface area contributed by atoms with Gasteiger partial charge in [0.2, 0.25) is 11.8 Å². The van der Waals surface area contributed by atoms with Crippen molar-refractivity contribution in [2.45, 2.75) is 25.8 Å². The maximum Gasteiger partial charge on any atom is 0.242 e. The van der Waals surface area contributed by atoms with Crippen molar-refractivity contribution in [2.75, 3.05) is 20.1 Å². The van der Waals surface area contributed by atoms with Gasteiger partial charge in [0.25, 0.3) is 0 Å². The highest BCUT2D eigenvalue weighted by Crippen LogP contribution is 2.09. The molecule has 1 saturated heterocycles. The van der Waals surface area contributed by atoms with Gasteiger partial charge >= 0.3 is 0 Å². The highest BCUT2D eigenvalue weighted by molar-refractivity contribution is 5.88. The van der Waals surface area contributed by atoms with Crippen LogP contribution >= 0.6 is 12.4 Å². The average Bonchev–Trinajstić information content (AvgIpc) is 2.29. The SMILES string of the molecule is CNC(=O)[C@@H](C)NC(=O)[C@@H]1CCCNC1.Cl. The molecule has 0 aromatic carbocycles. The van der Waals surface area contributed by atoms with Crippen molar-refractivity contribution in [3.8, 4) is 0 Å². The molecular formula is C10H20ClN3O2. The number of hydrogen-bond donors (Lipinski definition) is 3. The summed E-state index contributed by atoms with van der Waals surface area (Å²) in [5.74, 6) is -0.184. The van der Waals surface area contributed by atoms with Crippen molar-refractivity contribution in [3.05, 3.63) is 0 Å². The lowest BCUT2D eigenvalue weighted by atomic mass is 9.98. The van der Waals surface area contributed by atoms with E-state index < -0.39 is 6.04 Å². The van der Waals surface area contributed by atoms with Gasteiger partial charge < -0.3 is 16.0 Å². The van der Waals surface area contributed by atoms with Gasteiger partial charge in [-0.05, 0) is 26.3 Å². The fraction of sp³-hybridized carbons (Fsp3) is 0.800. The highest BCUT2D eigenvalue weighted by Gasteiger charge is 2.23. The van der Waals surface area contributed by atoms with Gasteiger partial charge in [0, 0.05) is 13.6 Å². The minimum atomic E-state index is -0.454. The maximum atomic E-state index is 11.7. The van der Waals surface area contributed by atoms with E-state index in [1.807, 2.05) is 0 Å². The molecule has 0 aliphatic carbocycles. The van der Waals surface area contributed by atoms with Gasteiger partial charge in [-0.15, -0.1) is 12.4 Å². The van der Waals surface area contributed by atoms with Crippen LogP contribution in [0, 0.1) is 5.92 Å². The molecule has 1 aliphatic rings. The molecule has 1 fully saturated rings.